The van der Waals surface area contributed by atoms with Gasteiger partial charge in [-0.25, -0.2) is 4.98 Å². The van der Waals surface area contributed by atoms with Crippen molar-refractivity contribution in [1.29, 1.82) is 0 Å². The molecule has 0 radical (unpaired) electrons. The summed E-state index contributed by atoms with van der Waals surface area (Å²) in [7, 11) is 0. The number of hydrogen-bond acceptors (Lipinski definition) is 5. The summed E-state index contributed by atoms with van der Waals surface area (Å²) in [5, 5.41) is 8.78. The Morgan fingerprint density at radius 1 is 1.53 bits per heavy atom. The molecule has 1 aromatic heterocycles. The van der Waals surface area contributed by atoms with E-state index in [4.69, 9.17) is 0 Å². The summed E-state index contributed by atoms with van der Waals surface area (Å²) < 4.78 is 0. The van der Waals surface area contributed by atoms with E-state index in [1.54, 1.807) is 6.20 Å². The lowest BCUT2D eigenvalue weighted by molar-refractivity contribution is -0.117. The van der Waals surface area contributed by atoms with E-state index in [0.29, 0.717) is 11.7 Å². The molecule has 0 unspecified atom stereocenters. The molecule has 2 N–H and O–H groups in total. The van der Waals surface area contributed by atoms with Crippen LogP contribution in [0.25, 0.3) is 0 Å². The van der Waals surface area contributed by atoms with Gasteiger partial charge in [0.2, 0.25) is 5.91 Å². The van der Waals surface area contributed by atoms with Crippen molar-refractivity contribution in [2.75, 3.05) is 38.0 Å². The lowest BCUT2D eigenvalue weighted by Gasteiger charge is -2.15. The Balaban J connectivity index is 1.49. The first-order chi connectivity index (χ1) is 8.31. The van der Waals surface area contributed by atoms with Crippen LogP contribution in [0.1, 0.15) is 0 Å². The first-order valence-electron chi connectivity index (χ1n) is 5.93. The highest BCUT2D eigenvalue weighted by Crippen LogP contribution is 2.25. The van der Waals surface area contributed by atoms with Gasteiger partial charge >= 0.3 is 0 Å². The smallest absolute Gasteiger partial charge is 0.240 e. The van der Waals surface area contributed by atoms with E-state index in [0.717, 1.165) is 38.0 Å². The van der Waals surface area contributed by atoms with E-state index < -0.39 is 0 Å². The van der Waals surface area contributed by atoms with E-state index in [-0.39, 0.29) is 5.91 Å². The van der Waals surface area contributed by atoms with Gasteiger partial charge in [-0.1, -0.05) is 0 Å². The molecule has 2 atom stereocenters. The number of rotatable bonds is 3. The van der Waals surface area contributed by atoms with Crippen LogP contribution in [0.15, 0.2) is 11.6 Å². The first-order valence-corrected chi connectivity index (χ1v) is 6.81. The van der Waals surface area contributed by atoms with Crippen LogP contribution in [-0.2, 0) is 4.79 Å². The van der Waals surface area contributed by atoms with Gasteiger partial charge in [0.25, 0.3) is 0 Å². The number of anilines is 1. The van der Waals surface area contributed by atoms with E-state index in [1.165, 1.54) is 11.3 Å². The summed E-state index contributed by atoms with van der Waals surface area (Å²) in [6.07, 6.45) is 1.70. The van der Waals surface area contributed by atoms with Crippen LogP contribution in [0.5, 0.6) is 0 Å². The third-order valence-corrected chi connectivity index (χ3v) is 4.20. The number of nitrogens with one attached hydrogen (secondary N) is 2. The van der Waals surface area contributed by atoms with Crippen LogP contribution in [0.3, 0.4) is 0 Å². The zero-order valence-corrected chi connectivity index (χ0v) is 10.4. The van der Waals surface area contributed by atoms with Crippen molar-refractivity contribution in [3.8, 4) is 0 Å². The van der Waals surface area contributed by atoms with E-state index in [9.17, 15) is 4.79 Å². The minimum Gasteiger partial charge on any atom is -0.316 e. The van der Waals surface area contributed by atoms with Crippen LogP contribution >= 0.6 is 11.3 Å². The highest BCUT2D eigenvalue weighted by Gasteiger charge is 2.36. The van der Waals surface area contributed by atoms with Crippen molar-refractivity contribution in [2.45, 2.75) is 0 Å². The average molecular weight is 252 g/mol. The van der Waals surface area contributed by atoms with E-state index >= 15 is 0 Å². The molecule has 3 rings (SSSR count). The van der Waals surface area contributed by atoms with Crippen molar-refractivity contribution in [1.82, 2.24) is 15.2 Å². The molecule has 0 saturated carbocycles. The minimum atomic E-state index is 0.0490. The standard InChI is InChI=1S/C11H16N4OS/c16-10(14-11-13-1-2-17-11)7-15-5-8-3-12-4-9(8)6-15/h1-2,8-9,12H,3-7H2,(H,13,14,16)/t8-,9+. The van der Waals surface area contributed by atoms with Crippen LogP contribution in [-0.4, -0.2) is 48.5 Å². The molecule has 1 amide bonds. The molecule has 0 bridgehead atoms. The number of aromatic nitrogens is 1. The molecule has 17 heavy (non-hydrogen) atoms. The maximum Gasteiger partial charge on any atom is 0.240 e. The van der Waals surface area contributed by atoms with Crippen LogP contribution in [0.4, 0.5) is 5.13 Å². The maximum absolute atomic E-state index is 11.8. The highest BCUT2D eigenvalue weighted by atomic mass is 32.1. The minimum absolute atomic E-state index is 0.0490. The predicted octanol–water partition coefficient (Wildman–Crippen LogP) is 0.233. The van der Waals surface area contributed by atoms with E-state index in [2.05, 4.69) is 20.5 Å². The number of likely N-dealkylation sites (tertiary alicyclic amines) is 1. The van der Waals surface area contributed by atoms with Gasteiger partial charge in [0.05, 0.1) is 6.54 Å². The molecule has 2 aliphatic heterocycles. The number of carbonyl (C=O) groups is 1. The van der Waals surface area contributed by atoms with Crippen molar-refractivity contribution in [2.24, 2.45) is 11.8 Å². The maximum atomic E-state index is 11.8. The Morgan fingerprint density at radius 3 is 2.94 bits per heavy atom. The molecule has 6 heteroatoms. The molecule has 1 aromatic rings. The van der Waals surface area contributed by atoms with Crippen molar-refractivity contribution in [3.05, 3.63) is 11.6 Å². The van der Waals surface area contributed by atoms with Gasteiger partial charge in [-0.3, -0.25) is 9.69 Å². The second-order valence-corrected chi connectivity index (χ2v) is 5.65. The fraction of sp³-hybridized carbons (Fsp3) is 0.636. The number of nitrogens with zero attached hydrogens (tertiary/aromatic N) is 2. The number of hydrogen-bond donors (Lipinski definition) is 2. The zero-order valence-electron chi connectivity index (χ0n) is 9.56. The molecule has 0 aliphatic carbocycles. The normalized spacial score (nSPS) is 28.2. The van der Waals surface area contributed by atoms with E-state index in [1.807, 2.05) is 5.38 Å². The second-order valence-electron chi connectivity index (χ2n) is 4.76. The van der Waals surface area contributed by atoms with Crippen LogP contribution in [0, 0.1) is 11.8 Å². The van der Waals surface area contributed by atoms with Gasteiger partial charge in [0.15, 0.2) is 5.13 Å². The average Bonchev–Trinajstić information content (AvgIpc) is 2.92. The number of amides is 1. The monoisotopic (exact) mass is 252 g/mol. The quantitative estimate of drug-likeness (QED) is 0.809. The molecule has 2 saturated heterocycles. The Bertz CT molecular complexity index is 382. The highest BCUT2D eigenvalue weighted by molar-refractivity contribution is 7.13. The zero-order chi connectivity index (χ0) is 11.7. The molecule has 92 valence electrons. The third-order valence-electron chi connectivity index (χ3n) is 3.51. The fourth-order valence-corrected chi connectivity index (χ4v) is 3.27. The second kappa shape index (κ2) is 4.72. The summed E-state index contributed by atoms with van der Waals surface area (Å²) in [6.45, 7) is 4.79. The molecule has 2 aliphatic rings. The first kappa shape index (κ1) is 11.1. The third kappa shape index (κ3) is 2.48. The predicted molar refractivity (Wildman–Crippen MR) is 67.0 cm³/mol. The van der Waals surface area contributed by atoms with Crippen molar-refractivity contribution < 1.29 is 4.79 Å². The largest absolute Gasteiger partial charge is 0.316 e. The molecule has 0 aromatic carbocycles. The van der Waals surface area contributed by atoms with Crippen molar-refractivity contribution in [3.63, 3.8) is 0 Å². The van der Waals surface area contributed by atoms with Crippen LogP contribution in [0.2, 0.25) is 0 Å². The van der Waals surface area contributed by atoms with Crippen molar-refractivity contribution >= 4 is 22.4 Å². The molecular weight excluding hydrogens is 236 g/mol. The Labute approximate surface area is 104 Å². The molecule has 2 fully saturated rings. The Morgan fingerprint density at radius 2 is 2.29 bits per heavy atom. The SMILES string of the molecule is O=C(CN1C[C@H]2CNC[C@H]2C1)Nc1nccs1. The lowest BCUT2D eigenvalue weighted by Crippen LogP contribution is -2.33. The van der Waals surface area contributed by atoms with Gasteiger partial charge in [-0.05, 0) is 24.9 Å². The molecule has 5 nitrogen and oxygen atoms in total. The van der Waals surface area contributed by atoms with Gasteiger partial charge in [0.1, 0.15) is 0 Å². The summed E-state index contributed by atoms with van der Waals surface area (Å²) in [6, 6.07) is 0. The van der Waals surface area contributed by atoms with Crippen LogP contribution < -0.4 is 10.6 Å². The lowest BCUT2D eigenvalue weighted by atomic mass is 10.0. The van der Waals surface area contributed by atoms with Gasteiger partial charge < -0.3 is 10.6 Å². The Hall–Kier alpha value is -0.980. The summed E-state index contributed by atoms with van der Waals surface area (Å²) in [5.41, 5.74) is 0. The van der Waals surface area contributed by atoms with Gasteiger partial charge in [-0.2, -0.15) is 0 Å². The summed E-state index contributed by atoms with van der Waals surface area (Å²) >= 11 is 1.45. The molecule has 3 heterocycles. The van der Waals surface area contributed by atoms with Gasteiger partial charge in [0, 0.05) is 24.7 Å². The van der Waals surface area contributed by atoms with Gasteiger partial charge in [-0.15, -0.1) is 11.3 Å². The summed E-state index contributed by atoms with van der Waals surface area (Å²) in [4.78, 5) is 18.1. The topological polar surface area (TPSA) is 57.3 Å². The number of carbonyl (C=O) groups excluding carboxylic acids is 1. The number of fused-ring (bicyclic) bond motifs is 1. The molecule has 0 spiro atoms. The Kier molecular flexibility index (Phi) is 3.09. The summed E-state index contributed by atoms with van der Waals surface area (Å²) in [5.74, 6) is 1.53. The molecular formula is C11H16N4OS. The fourth-order valence-electron chi connectivity index (χ4n) is 2.73. The number of thiazole rings is 1.